The minimum absolute atomic E-state index is 0.0664. The van der Waals surface area contributed by atoms with Crippen LogP contribution in [0, 0.1) is 30.6 Å². The molecule has 2 saturated carbocycles. The smallest absolute Gasteiger partial charge is 0.266 e. The number of nitrogens with zero attached hydrogens (tertiary/aromatic N) is 3. The highest BCUT2D eigenvalue weighted by atomic mass is 32.2. The molecule has 8 heteroatoms. The average molecular weight is 508 g/mol. The molecule has 0 N–H and O–H groups in total. The van der Waals surface area contributed by atoms with Gasteiger partial charge >= 0.3 is 0 Å². The van der Waals surface area contributed by atoms with E-state index in [1.807, 2.05) is 52.0 Å². The van der Waals surface area contributed by atoms with E-state index in [0.29, 0.717) is 35.3 Å². The maximum Gasteiger partial charge on any atom is 0.266 e. The molecule has 2 fully saturated rings. The normalized spacial score (nSPS) is 23.2. The molecule has 5 rings (SSSR count). The van der Waals surface area contributed by atoms with Crippen LogP contribution in [0.1, 0.15) is 50.1 Å². The van der Waals surface area contributed by atoms with E-state index in [9.17, 15) is 18.0 Å². The van der Waals surface area contributed by atoms with E-state index in [4.69, 9.17) is 4.98 Å². The molecule has 2 aromatic carbocycles. The van der Waals surface area contributed by atoms with Gasteiger partial charge < -0.3 is 0 Å². The van der Waals surface area contributed by atoms with Gasteiger partial charge in [-0.2, -0.15) is 4.31 Å². The van der Waals surface area contributed by atoms with Crippen LogP contribution in [0.3, 0.4) is 0 Å². The van der Waals surface area contributed by atoms with Gasteiger partial charge in [0, 0.05) is 18.9 Å². The van der Waals surface area contributed by atoms with Gasteiger partial charge in [0.2, 0.25) is 10.0 Å². The zero-order chi connectivity index (χ0) is 26.0. The third kappa shape index (κ3) is 3.65. The fourth-order valence-corrected chi connectivity index (χ4v) is 8.25. The summed E-state index contributed by atoms with van der Waals surface area (Å²) in [6.45, 7) is 7.90. The fourth-order valence-electron chi connectivity index (χ4n) is 6.42. The predicted molar refractivity (Wildman–Crippen MR) is 141 cm³/mol. The Bertz CT molecular complexity index is 1560. The van der Waals surface area contributed by atoms with Crippen LogP contribution >= 0.6 is 0 Å². The highest BCUT2D eigenvalue weighted by molar-refractivity contribution is 7.89. The van der Waals surface area contributed by atoms with Crippen molar-refractivity contribution >= 4 is 26.7 Å². The molecule has 2 atom stereocenters. The molecule has 0 aliphatic heterocycles. The minimum Gasteiger partial charge on any atom is -0.299 e. The van der Waals surface area contributed by atoms with Crippen LogP contribution in [0.4, 0.5) is 0 Å². The van der Waals surface area contributed by atoms with Gasteiger partial charge in [0.25, 0.3) is 5.56 Å². The topological polar surface area (TPSA) is 89.3 Å². The van der Waals surface area contributed by atoms with Crippen molar-refractivity contribution in [1.29, 1.82) is 0 Å². The Morgan fingerprint density at radius 1 is 1.11 bits per heavy atom. The number of benzene rings is 2. The van der Waals surface area contributed by atoms with Crippen molar-refractivity contribution in [1.82, 2.24) is 13.9 Å². The molecule has 0 radical (unpaired) electrons. The average Bonchev–Trinajstić information content (AvgIpc) is 3.14. The number of fused-ring (bicyclic) bond motifs is 3. The first-order valence-electron chi connectivity index (χ1n) is 12.4. The highest BCUT2D eigenvalue weighted by Crippen LogP contribution is 2.64. The lowest BCUT2D eigenvalue weighted by Crippen LogP contribution is -2.46. The molecule has 2 bridgehead atoms. The summed E-state index contributed by atoms with van der Waals surface area (Å²) >= 11 is 0. The van der Waals surface area contributed by atoms with Gasteiger partial charge in [-0.1, -0.05) is 43.7 Å². The van der Waals surface area contributed by atoms with E-state index in [-0.39, 0.29) is 35.0 Å². The van der Waals surface area contributed by atoms with Gasteiger partial charge in [-0.3, -0.25) is 14.2 Å². The van der Waals surface area contributed by atoms with E-state index < -0.39 is 15.4 Å². The molecule has 0 amide bonds. The van der Waals surface area contributed by atoms with Crippen molar-refractivity contribution in [3.05, 3.63) is 69.8 Å². The van der Waals surface area contributed by atoms with E-state index >= 15 is 0 Å². The molecule has 3 aromatic rings. The van der Waals surface area contributed by atoms with Crippen LogP contribution < -0.4 is 5.56 Å². The van der Waals surface area contributed by atoms with Crippen molar-refractivity contribution in [2.75, 3.05) is 12.8 Å². The molecule has 0 saturated heterocycles. The fraction of sp³-hybridized carbons (Fsp3) is 0.464. The Morgan fingerprint density at radius 2 is 1.83 bits per heavy atom. The van der Waals surface area contributed by atoms with Crippen LogP contribution in [0.25, 0.3) is 16.6 Å². The van der Waals surface area contributed by atoms with Crippen LogP contribution in [-0.2, 0) is 21.4 Å². The van der Waals surface area contributed by atoms with Crippen LogP contribution in [-0.4, -0.2) is 40.9 Å². The van der Waals surface area contributed by atoms with E-state index in [0.717, 1.165) is 17.5 Å². The maximum atomic E-state index is 13.7. The lowest BCUT2D eigenvalue weighted by atomic mass is 9.70. The first-order chi connectivity index (χ1) is 16.9. The Labute approximate surface area is 212 Å². The van der Waals surface area contributed by atoms with Crippen LogP contribution in [0.5, 0.6) is 0 Å². The van der Waals surface area contributed by atoms with Crippen molar-refractivity contribution in [2.24, 2.45) is 16.7 Å². The summed E-state index contributed by atoms with van der Waals surface area (Å²) in [5.41, 5.74) is 1.72. The molecule has 2 aliphatic carbocycles. The third-order valence-electron chi connectivity index (χ3n) is 8.85. The molecule has 190 valence electrons. The zero-order valence-corrected chi connectivity index (χ0v) is 22.4. The standard InChI is InChI=1S/C28H33N3O4S/c1-18-10-11-23(19(2)14-18)31-25(29-22-9-7-6-8-21(22)26(31)33)16-30(5)36(34,35)17-28-13-12-20(15-24(28)32)27(28,3)4/h6-11,14,20H,12-13,15-17H2,1-5H3. The van der Waals surface area contributed by atoms with Crippen molar-refractivity contribution < 1.29 is 13.2 Å². The first-order valence-corrected chi connectivity index (χ1v) is 14.0. The van der Waals surface area contributed by atoms with E-state index in [1.54, 1.807) is 18.2 Å². The largest absolute Gasteiger partial charge is 0.299 e. The van der Waals surface area contributed by atoms with E-state index in [1.165, 1.54) is 15.9 Å². The second kappa shape index (κ2) is 8.35. The molecule has 36 heavy (non-hydrogen) atoms. The van der Waals surface area contributed by atoms with Gasteiger partial charge in [0.1, 0.15) is 11.6 Å². The summed E-state index contributed by atoms with van der Waals surface area (Å²) in [4.78, 5) is 31.4. The molecule has 2 unspecified atom stereocenters. The van der Waals surface area contributed by atoms with Crippen LogP contribution in [0.15, 0.2) is 47.3 Å². The van der Waals surface area contributed by atoms with Gasteiger partial charge in [0.05, 0.1) is 28.9 Å². The molecule has 7 nitrogen and oxygen atoms in total. The number of ketones is 1. The lowest BCUT2D eigenvalue weighted by Gasteiger charge is -2.37. The quantitative estimate of drug-likeness (QED) is 0.500. The number of para-hydroxylation sites is 1. The minimum atomic E-state index is -3.81. The molecular weight excluding hydrogens is 474 g/mol. The lowest BCUT2D eigenvalue weighted by molar-refractivity contribution is -0.128. The van der Waals surface area contributed by atoms with Gasteiger partial charge in [-0.25, -0.2) is 13.4 Å². The van der Waals surface area contributed by atoms with Gasteiger partial charge in [-0.05, 0) is 61.8 Å². The molecular formula is C28H33N3O4S. The summed E-state index contributed by atoms with van der Waals surface area (Å²) in [7, 11) is -2.30. The second-order valence-corrected chi connectivity index (χ2v) is 13.2. The number of carbonyl (C=O) groups excluding carboxylic acids is 1. The summed E-state index contributed by atoms with van der Waals surface area (Å²) in [5, 5.41) is 0.473. The Hall–Kier alpha value is -2.84. The molecule has 1 heterocycles. The van der Waals surface area contributed by atoms with Gasteiger partial charge in [0.15, 0.2) is 0 Å². The van der Waals surface area contributed by atoms with Gasteiger partial charge in [-0.15, -0.1) is 0 Å². The Balaban J connectivity index is 1.57. The number of aryl methyl sites for hydroxylation is 2. The summed E-state index contributed by atoms with van der Waals surface area (Å²) in [5.74, 6) is 0.440. The number of sulfonamides is 1. The van der Waals surface area contributed by atoms with E-state index in [2.05, 4.69) is 0 Å². The number of aromatic nitrogens is 2. The molecule has 1 aromatic heterocycles. The maximum absolute atomic E-state index is 13.7. The molecule has 2 aliphatic rings. The second-order valence-electron chi connectivity index (χ2n) is 11.2. The SMILES string of the molecule is Cc1ccc(-n2c(CN(C)S(=O)(=O)CC34CCC(CC3=O)C4(C)C)nc3ccccc3c2=O)c(C)c1. The Morgan fingerprint density at radius 3 is 2.47 bits per heavy atom. The number of hydrogen-bond donors (Lipinski definition) is 0. The summed E-state index contributed by atoms with van der Waals surface area (Å²) < 4.78 is 30.1. The third-order valence-corrected chi connectivity index (χ3v) is 10.8. The number of rotatable bonds is 6. The predicted octanol–water partition coefficient (Wildman–Crippen LogP) is 4.16. The first kappa shape index (κ1) is 24.8. The Kier molecular flexibility index (Phi) is 5.76. The molecule has 0 spiro atoms. The zero-order valence-electron chi connectivity index (χ0n) is 21.5. The van der Waals surface area contributed by atoms with Crippen molar-refractivity contribution in [3.8, 4) is 5.69 Å². The number of hydrogen-bond acceptors (Lipinski definition) is 5. The summed E-state index contributed by atoms with van der Waals surface area (Å²) in [6, 6.07) is 12.9. The highest BCUT2D eigenvalue weighted by Gasteiger charge is 2.65. The van der Waals surface area contributed by atoms with Crippen molar-refractivity contribution in [3.63, 3.8) is 0 Å². The number of carbonyl (C=O) groups is 1. The van der Waals surface area contributed by atoms with Crippen LogP contribution in [0.2, 0.25) is 0 Å². The van der Waals surface area contributed by atoms with Crippen molar-refractivity contribution in [2.45, 2.75) is 53.5 Å². The summed E-state index contributed by atoms with van der Waals surface area (Å²) in [6.07, 6.45) is 1.96. The number of Topliss-reactive ketones (excluding diaryl/α,β-unsaturated/α-hetero) is 1. The monoisotopic (exact) mass is 507 g/mol.